The minimum absolute atomic E-state index is 0.637. The topological polar surface area (TPSA) is 12.0 Å². The molecule has 1 nitrogen and oxygen atoms in total. The number of benzene rings is 2. The van der Waals surface area contributed by atoms with Crippen LogP contribution in [0.4, 0.5) is 5.69 Å². The molecule has 2 aromatic rings. The molecule has 1 aliphatic rings. The van der Waals surface area contributed by atoms with Crippen LogP contribution < -0.4 is 5.32 Å². The molecule has 0 aromatic heterocycles. The fourth-order valence-electron chi connectivity index (χ4n) is 3.10. The van der Waals surface area contributed by atoms with E-state index in [0.717, 1.165) is 6.54 Å². The third kappa shape index (κ3) is 2.76. The number of hydrogen-bond acceptors (Lipinski definition) is 1. The van der Waals surface area contributed by atoms with Crippen molar-refractivity contribution in [2.24, 2.45) is 0 Å². The van der Waals surface area contributed by atoms with Gasteiger partial charge in [-0.15, -0.1) is 0 Å². The summed E-state index contributed by atoms with van der Waals surface area (Å²) in [4.78, 5) is 0. The van der Waals surface area contributed by atoms with Gasteiger partial charge in [0.25, 0.3) is 0 Å². The second-order valence-electron chi connectivity index (χ2n) is 5.58. The van der Waals surface area contributed by atoms with Gasteiger partial charge in [0, 0.05) is 22.6 Å². The average Bonchev–Trinajstić information content (AvgIpc) is 2.49. The van der Waals surface area contributed by atoms with E-state index in [1.165, 1.54) is 40.5 Å². The molecule has 2 heteroatoms. The molecule has 0 spiro atoms. The number of hydrogen-bond donors (Lipinski definition) is 1. The van der Waals surface area contributed by atoms with Crippen molar-refractivity contribution in [1.82, 2.24) is 0 Å². The largest absolute Gasteiger partial charge is 0.384 e. The van der Waals surface area contributed by atoms with Gasteiger partial charge in [-0.25, -0.2) is 0 Å². The van der Waals surface area contributed by atoms with Gasteiger partial charge in [0.15, 0.2) is 0 Å². The van der Waals surface area contributed by atoms with Crippen LogP contribution in [0.1, 0.15) is 35.4 Å². The van der Waals surface area contributed by atoms with Crippen molar-refractivity contribution in [2.75, 3.05) is 11.9 Å². The summed E-state index contributed by atoms with van der Waals surface area (Å²) in [5.74, 6) is 0.637. The van der Waals surface area contributed by atoms with Gasteiger partial charge in [0.1, 0.15) is 0 Å². The molecule has 0 bridgehead atoms. The van der Waals surface area contributed by atoms with E-state index in [9.17, 15) is 0 Å². The van der Waals surface area contributed by atoms with Crippen LogP contribution in [0.15, 0.2) is 46.9 Å². The Labute approximate surface area is 129 Å². The van der Waals surface area contributed by atoms with E-state index in [1.54, 1.807) is 5.56 Å². The van der Waals surface area contributed by atoms with E-state index in [1.807, 2.05) is 0 Å². The molecular weight excluding hydrogens is 310 g/mol. The van der Waals surface area contributed by atoms with E-state index in [0.29, 0.717) is 5.92 Å². The van der Waals surface area contributed by atoms with Crippen LogP contribution in [-0.2, 0) is 6.42 Å². The predicted molar refractivity (Wildman–Crippen MR) is 89.5 cm³/mol. The van der Waals surface area contributed by atoms with Gasteiger partial charge in [-0.2, -0.15) is 0 Å². The highest BCUT2D eigenvalue weighted by atomic mass is 79.9. The van der Waals surface area contributed by atoms with Gasteiger partial charge in [-0.1, -0.05) is 46.3 Å². The van der Waals surface area contributed by atoms with E-state index in [2.05, 4.69) is 70.6 Å². The zero-order chi connectivity index (χ0) is 13.9. The van der Waals surface area contributed by atoms with Crippen molar-refractivity contribution >= 4 is 21.6 Å². The fraction of sp³-hybridized carbons (Fsp3) is 0.333. The molecule has 1 atom stereocenters. The summed E-state index contributed by atoms with van der Waals surface area (Å²) in [5, 5.41) is 3.63. The van der Waals surface area contributed by atoms with Crippen LogP contribution in [0.3, 0.4) is 0 Å². The second-order valence-corrected chi connectivity index (χ2v) is 6.44. The number of rotatable bonds is 3. The van der Waals surface area contributed by atoms with Gasteiger partial charge in [-0.05, 0) is 55.0 Å². The summed E-state index contributed by atoms with van der Waals surface area (Å²) < 4.78 is 1.17. The summed E-state index contributed by atoms with van der Waals surface area (Å²) >= 11 is 3.60. The zero-order valence-corrected chi connectivity index (χ0v) is 13.4. The smallest absolute Gasteiger partial charge is 0.0381 e. The third-order valence-electron chi connectivity index (χ3n) is 4.30. The zero-order valence-electron chi connectivity index (χ0n) is 11.8. The van der Waals surface area contributed by atoms with Crippen molar-refractivity contribution in [1.29, 1.82) is 0 Å². The molecule has 1 aliphatic carbocycles. The number of aryl methyl sites for hydroxylation is 1. The molecule has 0 saturated carbocycles. The van der Waals surface area contributed by atoms with E-state index >= 15 is 0 Å². The lowest BCUT2D eigenvalue weighted by Crippen LogP contribution is -2.18. The van der Waals surface area contributed by atoms with E-state index < -0.39 is 0 Å². The summed E-state index contributed by atoms with van der Waals surface area (Å²) in [5.41, 5.74) is 5.61. The lowest BCUT2D eigenvalue weighted by atomic mass is 9.83. The maximum atomic E-state index is 3.63. The van der Waals surface area contributed by atoms with Crippen LogP contribution >= 0.6 is 15.9 Å². The molecule has 104 valence electrons. The molecule has 1 unspecified atom stereocenters. The Balaban J connectivity index is 1.75. The number of anilines is 1. The molecule has 20 heavy (non-hydrogen) atoms. The highest BCUT2D eigenvalue weighted by Gasteiger charge is 2.19. The summed E-state index contributed by atoms with van der Waals surface area (Å²) in [6.45, 7) is 3.18. The molecule has 0 amide bonds. The van der Waals surface area contributed by atoms with Crippen LogP contribution in [0, 0.1) is 6.92 Å². The molecule has 1 N–H and O–H groups in total. The lowest BCUT2D eigenvalue weighted by molar-refractivity contribution is 0.571. The van der Waals surface area contributed by atoms with Gasteiger partial charge in [0.2, 0.25) is 0 Å². The van der Waals surface area contributed by atoms with E-state index in [4.69, 9.17) is 0 Å². The SMILES string of the molecule is Cc1c(Br)cccc1NCC1CCCc2ccccc21. The third-order valence-corrected chi connectivity index (χ3v) is 5.16. The quantitative estimate of drug-likeness (QED) is 0.806. The van der Waals surface area contributed by atoms with Crippen molar-refractivity contribution < 1.29 is 0 Å². The maximum absolute atomic E-state index is 3.63. The first-order valence-corrected chi connectivity index (χ1v) is 8.12. The Morgan fingerprint density at radius 3 is 2.90 bits per heavy atom. The Hall–Kier alpha value is -1.28. The Kier molecular flexibility index (Phi) is 4.11. The van der Waals surface area contributed by atoms with Crippen molar-refractivity contribution in [3.05, 3.63) is 63.6 Å². The number of fused-ring (bicyclic) bond motifs is 1. The number of halogens is 1. The van der Waals surface area contributed by atoms with Crippen molar-refractivity contribution in [2.45, 2.75) is 32.1 Å². The Morgan fingerprint density at radius 2 is 2.00 bits per heavy atom. The molecule has 0 aliphatic heterocycles. The predicted octanol–water partition coefficient (Wildman–Crippen LogP) is 5.29. The molecule has 0 saturated heterocycles. The first-order chi connectivity index (χ1) is 9.75. The minimum Gasteiger partial charge on any atom is -0.384 e. The fourth-order valence-corrected chi connectivity index (χ4v) is 3.46. The summed E-state index contributed by atoms with van der Waals surface area (Å²) in [6.07, 6.45) is 3.83. The van der Waals surface area contributed by atoms with Gasteiger partial charge >= 0.3 is 0 Å². The monoisotopic (exact) mass is 329 g/mol. The Bertz CT molecular complexity index is 606. The Morgan fingerprint density at radius 1 is 1.15 bits per heavy atom. The normalized spacial score (nSPS) is 17.6. The average molecular weight is 330 g/mol. The van der Waals surface area contributed by atoms with Gasteiger partial charge in [0.05, 0.1) is 0 Å². The first kappa shape index (κ1) is 13.7. The standard InChI is InChI=1S/C18H20BrN/c1-13-17(19)10-5-11-18(13)20-12-15-8-4-7-14-6-2-3-9-16(14)15/h2-3,5-6,9-11,15,20H,4,7-8,12H2,1H3. The molecule has 0 heterocycles. The van der Waals surface area contributed by atoms with Crippen molar-refractivity contribution in [3.8, 4) is 0 Å². The summed E-state index contributed by atoms with van der Waals surface area (Å²) in [6, 6.07) is 15.3. The molecule has 0 radical (unpaired) electrons. The van der Waals surface area contributed by atoms with Gasteiger partial charge < -0.3 is 5.32 Å². The highest BCUT2D eigenvalue weighted by Crippen LogP contribution is 2.32. The maximum Gasteiger partial charge on any atom is 0.0381 e. The second kappa shape index (κ2) is 6.01. The van der Waals surface area contributed by atoms with Crippen LogP contribution in [0.2, 0.25) is 0 Å². The van der Waals surface area contributed by atoms with Crippen LogP contribution in [0.25, 0.3) is 0 Å². The minimum atomic E-state index is 0.637. The number of nitrogens with one attached hydrogen (secondary N) is 1. The molecule has 3 rings (SSSR count). The van der Waals surface area contributed by atoms with E-state index in [-0.39, 0.29) is 0 Å². The molecular formula is C18H20BrN. The molecule has 0 fully saturated rings. The van der Waals surface area contributed by atoms with Crippen LogP contribution in [0.5, 0.6) is 0 Å². The van der Waals surface area contributed by atoms with Crippen molar-refractivity contribution in [3.63, 3.8) is 0 Å². The summed E-state index contributed by atoms with van der Waals surface area (Å²) in [7, 11) is 0. The highest BCUT2D eigenvalue weighted by molar-refractivity contribution is 9.10. The van der Waals surface area contributed by atoms with Crippen LogP contribution in [-0.4, -0.2) is 6.54 Å². The molecule has 2 aromatic carbocycles. The first-order valence-electron chi connectivity index (χ1n) is 7.32. The lowest BCUT2D eigenvalue weighted by Gasteiger charge is -2.26. The van der Waals surface area contributed by atoms with Gasteiger partial charge in [-0.3, -0.25) is 0 Å².